The molecule has 8 heteroatoms. The third-order valence-electron chi connectivity index (χ3n) is 2.77. The van der Waals surface area contributed by atoms with Gasteiger partial charge in [0, 0.05) is 0 Å². The summed E-state index contributed by atoms with van der Waals surface area (Å²) in [7, 11) is -4.10. The Labute approximate surface area is 99.8 Å². The summed E-state index contributed by atoms with van der Waals surface area (Å²) in [5, 5.41) is 6.55. The van der Waals surface area contributed by atoms with Gasteiger partial charge in [0.2, 0.25) is 5.89 Å². The molecular weight excluding hydrogens is 245 g/mol. The molecule has 0 aliphatic heterocycles. The lowest BCUT2D eigenvalue weighted by molar-refractivity contribution is 0.219. The summed E-state index contributed by atoms with van der Waals surface area (Å²) in [6.07, 6.45) is 0.798. The van der Waals surface area contributed by atoms with Crippen LogP contribution in [0.4, 0.5) is 0 Å². The largest absolute Gasteiger partial charge is 0.339 e. The smallest absolute Gasteiger partial charge is 0.337 e. The van der Waals surface area contributed by atoms with E-state index < -0.39 is 19.4 Å². The van der Waals surface area contributed by atoms with Crippen LogP contribution in [0, 0.1) is 6.92 Å². The topological polar surface area (TPSA) is 108 Å². The number of hydrogen-bond donors (Lipinski definition) is 3. The van der Waals surface area contributed by atoms with Crippen LogP contribution >= 0.6 is 7.60 Å². The molecule has 3 N–H and O–H groups in total. The number of nitrogens with one attached hydrogen (secondary N) is 1. The van der Waals surface area contributed by atoms with E-state index in [1.54, 1.807) is 6.92 Å². The standard InChI is InChI=1S/C9H18N3O4P/c1-4-9(5-2,10-6-17(13,14)15)8-11-7(3)12-16-8/h10H,4-6H2,1-3H3,(H2,13,14,15). The minimum absolute atomic E-state index is 0.369. The summed E-state index contributed by atoms with van der Waals surface area (Å²) in [4.78, 5) is 21.9. The van der Waals surface area contributed by atoms with Crippen molar-refractivity contribution in [3.8, 4) is 0 Å². The van der Waals surface area contributed by atoms with Crippen molar-refractivity contribution in [2.24, 2.45) is 0 Å². The molecule has 0 saturated carbocycles. The van der Waals surface area contributed by atoms with Crippen LogP contribution in [0.25, 0.3) is 0 Å². The molecule has 0 aliphatic rings. The van der Waals surface area contributed by atoms with E-state index in [9.17, 15) is 4.57 Å². The molecule has 0 radical (unpaired) electrons. The lowest BCUT2D eigenvalue weighted by Crippen LogP contribution is -2.42. The zero-order valence-corrected chi connectivity index (χ0v) is 11.1. The van der Waals surface area contributed by atoms with Crippen LogP contribution in [-0.2, 0) is 10.1 Å². The quantitative estimate of drug-likeness (QED) is 0.660. The van der Waals surface area contributed by atoms with Gasteiger partial charge in [-0.1, -0.05) is 19.0 Å². The molecule has 0 fully saturated rings. The third kappa shape index (κ3) is 3.61. The summed E-state index contributed by atoms with van der Waals surface area (Å²) in [5.74, 6) is 0.873. The first-order valence-corrected chi connectivity index (χ1v) is 7.23. The van der Waals surface area contributed by atoms with Crippen LogP contribution in [-0.4, -0.2) is 26.2 Å². The summed E-state index contributed by atoms with van der Waals surface area (Å²) >= 11 is 0. The molecule has 17 heavy (non-hydrogen) atoms. The Morgan fingerprint density at radius 2 is 2.00 bits per heavy atom. The number of hydrogen-bond acceptors (Lipinski definition) is 5. The summed E-state index contributed by atoms with van der Waals surface area (Å²) < 4.78 is 16.0. The number of aromatic nitrogens is 2. The Morgan fingerprint density at radius 3 is 2.35 bits per heavy atom. The molecule has 0 atom stereocenters. The average Bonchev–Trinajstić information content (AvgIpc) is 2.66. The van der Waals surface area contributed by atoms with Crippen LogP contribution in [0.2, 0.25) is 0 Å². The van der Waals surface area contributed by atoms with Crippen LogP contribution in [0.5, 0.6) is 0 Å². The van der Waals surface area contributed by atoms with Crippen molar-refractivity contribution in [3.05, 3.63) is 11.7 Å². The molecule has 0 unspecified atom stereocenters. The highest BCUT2D eigenvalue weighted by Crippen LogP contribution is 2.36. The fourth-order valence-electron chi connectivity index (χ4n) is 1.62. The normalized spacial score (nSPS) is 13.0. The monoisotopic (exact) mass is 263 g/mol. The van der Waals surface area contributed by atoms with Crippen molar-refractivity contribution in [2.45, 2.75) is 39.2 Å². The highest BCUT2D eigenvalue weighted by molar-refractivity contribution is 7.51. The molecular formula is C9H18N3O4P. The van der Waals surface area contributed by atoms with Crippen molar-refractivity contribution in [1.29, 1.82) is 0 Å². The predicted molar refractivity (Wildman–Crippen MR) is 61.3 cm³/mol. The highest BCUT2D eigenvalue weighted by atomic mass is 31.2. The third-order valence-corrected chi connectivity index (χ3v) is 3.34. The first kappa shape index (κ1) is 14.3. The van der Waals surface area contributed by atoms with Gasteiger partial charge in [0.05, 0.1) is 11.8 Å². The number of aryl methyl sites for hydroxylation is 1. The van der Waals surface area contributed by atoms with Gasteiger partial charge in [-0.15, -0.1) is 0 Å². The predicted octanol–water partition coefficient (Wildman–Crippen LogP) is 1.12. The fraction of sp³-hybridized carbons (Fsp3) is 0.778. The van der Waals surface area contributed by atoms with Crippen molar-refractivity contribution >= 4 is 7.60 Å². The van der Waals surface area contributed by atoms with Crippen molar-refractivity contribution in [2.75, 3.05) is 6.29 Å². The Kier molecular flexibility index (Phi) is 4.43. The molecule has 0 aromatic carbocycles. The van der Waals surface area contributed by atoms with E-state index >= 15 is 0 Å². The molecule has 0 aliphatic carbocycles. The van der Waals surface area contributed by atoms with Crippen molar-refractivity contribution < 1.29 is 18.9 Å². The van der Waals surface area contributed by atoms with Crippen LogP contribution in [0.1, 0.15) is 38.4 Å². The second-order valence-corrected chi connectivity index (χ2v) is 5.58. The fourth-order valence-corrected chi connectivity index (χ4v) is 2.13. The van der Waals surface area contributed by atoms with E-state index in [0.717, 1.165) is 0 Å². The Hall–Kier alpha value is -0.750. The van der Waals surface area contributed by atoms with Crippen LogP contribution in [0.15, 0.2) is 4.52 Å². The first-order valence-electron chi connectivity index (χ1n) is 5.43. The van der Waals surface area contributed by atoms with Crippen LogP contribution < -0.4 is 5.32 Å². The summed E-state index contributed by atoms with van der Waals surface area (Å²) in [6, 6.07) is 0. The first-order chi connectivity index (χ1) is 7.83. The highest BCUT2D eigenvalue weighted by Gasteiger charge is 2.35. The Balaban J connectivity index is 2.93. The second-order valence-electron chi connectivity index (χ2n) is 3.94. The summed E-state index contributed by atoms with van der Waals surface area (Å²) in [6.45, 7) is 5.50. The summed E-state index contributed by atoms with van der Waals surface area (Å²) in [5.41, 5.74) is -0.678. The lowest BCUT2D eigenvalue weighted by Gasteiger charge is -2.29. The van der Waals surface area contributed by atoms with Gasteiger partial charge in [-0.25, -0.2) is 0 Å². The molecule has 1 aromatic rings. The zero-order valence-electron chi connectivity index (χ0n) is 10.2. The zero-order chi connectivity index (χ0) is 13.1. The molecule has 1 heterocycles. The maximum Gasteiger partial charge on any atom is 0.339 e. The molecule has 0 saturated heterocycles. The molecule has 98 valence electrons. The van der Waals surface area contributed by atoms with E-state index in [2.05, 4.69) is 15.5 Å². The van der Waals surface area contributed by atoms with Gasteiger partial charge in [-0.05, 0) is 19.8 Å². The lowest BCUT2D eigenvalue weighted by atomic mass is 9.93. The van der Waals surface area contributed by atoms with Gasteiger partial charge in [-0.3, -0.25) is 9.88 Å². The molecule has 0 amide bonds. The van der Waals surface area contributed by atoms with Crippen molar-refractivity contribution in [3.63, 3.8) is 0 Å². The maximum atomic E-state index is 10.9. The molecule has 0 bridgehead atoms. The van der Waals surface area contributed by atoms with Gasteiger partial charge >= 0.3 is 7.60 Å². The van der Waals surface area contributed by atoms with Crippen LogP contribution in [0.3, 0.4) is 0 Å². The molecule has 0 spiro atoms. The molecule has 7 nitrogen and oxygen atoms in total. The van der Waals surface area contributed by atoms with Gasteiger partial charge in [0.1, 0.15) is 0 Å². The number of rotatable bonds is 6. The Morgan fingerprint density at radius 1 is 1.41 bits per heavy atom. The van der Waals surface area contributed by atoms with E-state index in [4.69, 9.17) is 14.3 Å². The van der Waals surface area contributed by atoms with E-state index in [1.807, 2.05) is 13.8 Å². The minimum atomic E-state index is -4.10. The maximum absolute atomic E-state index is 10.9. The van der Waals surface area contributed by atoms with E-state index in [0.29, 0.717) is 24.6 Å². The van der Waals surface area contributed by atoms with Gasteiger partial charge in [0.15, 0.2) is 5.82 Å². The molecule has 1 rings (SSSR count). The Bertz CT molecular complexity index is 410. The van der Waals surface area contributed by atoms with Gasteiger partial charge in [0.25, 0.3) is 0 Å². The van der Waals surface area contributed by atoms with Gasteiger partial charge in [-0.2, -0.15) is 4.98 Å². The van der Waals surface area contributed by atoms with Gasteiger partial charge < -0.3 is 14.3 Å². The van der Waals surface area contributed by atoms with Crippen molar-refractivity contribution in [1.82, 2.24) is 15.5 Å². The average molecular weight is 263 g/mol. The number of nitrogens with zero attached hydrogens (tertiary/aromatic N) is 2. The van der Waals surface area contributed by atoms with E-state index in [1.165, 1.54) is 0 Å². The second kappa shape index (κ2) is 5.27. The molecule has 1 aromatic heterocycles. The SMILES string of the molecule is CCC(CC)(NCP(=O)(O)O)c1nc(C)no1. The van der Waals surface area contributed by atoms with E-state index in [-0.39, 0.29) is 0 Å². The minimum Gasteiger partial charge on any atom is -0.337 e.